The van der Waals surface area contributed by atoms with E-state index in [1.54, 1.807) is 0 Å². The van der Waals surface area contributed by atoms with Gasteiger partial charge in [-0.15, -0.1) is 0 Å². The van der Waals surface area contributed by atoms with E-state index < -0.39 is 0 Å². The maximum atomic E-state index is 5.35. The number of rotatable bonds is 5. The average molecular weight is 226 g/mol. The van der Waals surface area contributed by atoms with Crippen molar-refractivity contribution in [1.82, 2.24) is 10.2 Å². The number of nitrogens with zero attached hydrogens (tertiary/aromatic N) is 1. The van der Waals surface area contributed by atoms with Crippen LogP contribution in [0.2, 0.25) is 0 Å². The molecular formula is C13H26N2O. The van der Waals surface area contributed by atoms with Gasteiger partial charge in [0.25, 0.3) is 0 Å². The Morgan fingerprint density at radius 2 is 2.19 bits per heavy atom. The number of nitrogens with one attached hydrogen (secondary N) is 1. The zero-order chi connectivity index (χ0) is 11.5. The van der Waals surface area contributed by atoms with E-state index in [1.807, 2.05) is 7.11 Å². The van der Waals surface area contributed by atoms with Gasteiger partial charge in [0, 0.05) is 38.3 Å². The third kappa shape index (κ3) is 2.76. The Morgan fingerprint density at radius 1 is 1.44 bits per heavy atom. The molecule has 0 amide bonds. The Balaban J connectivity index is 1.92. The lowest BCUT2D eigenvalue weighted by Crippen LogP contribution is -2.59. The third-order valence-corrected chi connectivity index (χ3v) is 4.14. The molecule has 94 valence electrons. The fourth-order valence-corrected chi connectivity index (χ4v) is 2.87. The fourth-order valence-electron chi connectivity index (χ4n) is 2.87. The summed E-state index contributed by atoms with van der Waals surface area (Å²) in [4.78, 5) is 2.66. The minimum atomic E-state index is 0.600. The van der Waals surface area contributed by atoms with Crippen LogP contribution >= 0.6 is 0 Å². The molecule has 16 heavy (non-hydrogen) atoms. The molecule has 2 aliphatic rings. The summed E-state index contributed by atoms with van der Waals surface area (Å²) in [6, 6.07) is 1.99. The smallest absolute Gasteiger partial charge is 0.0618 e. The van der Waals surface area contributed by atoms with E-state index in [2.05, 4.69) is 24.1 Å². The molecular weight excluding hydrogens is 200 g/mol. The second-order valence-corrected chi connectivity index (χ2v) is 5.42. The minimum Gasteiger partial charge on any atom is -0.383 e. The Morgan fingerprint density at radius 3 is 2.75 bits per heavy atom. The van der Waals surface area contributed by atoms with Crippen molar-refractivity contribution < 1.29 is 4.74 Å². The standard InChI is InChI=1S/C13H26N2O/c1-4-12(9-16-3)15-8-13(11-5-6-11)14-7-10(15)2/h10-14H,4-9H2,1-3H3. The van der Waals surface area contributed by atoms with Crippen LogP contribution in [0.15, 0.2) is 0 Å². The van der Waals surface area contributed by atoms with E-state index in [1.165, 1.54) is 25.8 Å². The molecule has 3 atom stereocenters. The van der Waals surface area contributed by atoms with Crippen LogP contribution in [0.5, 0.6) is 0 Å². The molecule has 0 aromatic rings. The number of hydrogen-bond donors (Lipinski definition) is 1. The van der Waals surface area contributed by atoms with E-state index in [0.29, 0.717) is 12.1 Å². The molecule has 1 aliphatic heterocycles. The van der Waals surface area contributed by atoms with Gasteiger partial charge in [0.2, 0.25) is 0 Å². The highest BCUT2D eigenvalue weighted by molar-refractivity contribution is 4.95. The van der Waals surface area contributed by atoms with Crippen molar-refractivity contribution in [2.45, 2.75) is 51.2 Å². The largest absolute Gasteiger partial charge is 0.383 e. The van der Waals surface area contributed by atoms with Crippen molar-refractivity contribution in [3.8, 4) is 0 Å². The van der Waals surface area contributed by atoms with E-state index in [4.69, 9.17) is 4.74 Å². The summed E-state index contributed by atoms with van der Waals surface area (Å²) >= 11 is 0. The summed E-state index contributed by atoms with van der Waals surface area (Å²) < 4.78 is 5.35. The minimum absolute atomic E-state index is 0.600. The Kier molecular flexibility index (Phi) is 4.22. The van der Waals surface area contributed by atoms with E-state index in [0.717, 1.165) is 25.1 Å². The van der Waals surface area contributed by atoms with Crippen LogP contribution in [0.25, 0.3) is 0 Å². The van der Waals surface area contributed by atoms with Crippen molar-refractivity contribution in [3.05, 3.63) is 0 Å². The number of piperazine rings is 1. The topological polar surface area (TPSA) is 24.5 Å². The maximum Gasteiger partial charge on any atom is 0.0618 e. The van der Waals surface area contributed by atoms with E-state index in [-0.39, 0.29) is 0 Å². The summed E-state index contributed by atoms with van der Waals surface area (Å²) in [7, 11) is 1.81. The molecule has 0 bridgehead atoms. The quantitative estimate of drug-likeness (QED) is 0.768. The molecule has 3 heteroatoms. The van der Waals surface area contributed by atoms with Crippen LogP contribution in [-0.4, -0.2) is 49.8 Å². The van der Waals surface area contributed by atoms with Gasteiger partial charge in [-0.05, 0) is 32.1 Å². The van der Waals surface area contributed by atoms with Crippen LogP contribution in [0.4, 0.5) is 0 Å². The van der Waals surface area contributed by atoms with Gasteiger partial charge in [-0.1, -0.05) is 6.92 Å². The zero-order valence-electron chi connectivity index (χ0n) is 10.9. The lowest BCUT2D eigenvalue weighted by molar-refractivity contribution is 0.0342. The first-order valence-electron chi connectivity index (χ1n) is 6.74. The highest BCUT2D eigenvalue weighted by atomic mass is 16.5. The van der Waals surface area contributed by atoms with Crippen LogP contribution in [-0.2, 0) is 4.74 Å². The summed E-state index contributed by atoms with van der Waals surface area (Å²) in [6.07, 6.45) is 4.05. The van der Waals surface area contributed by atoms with Crippen molar-refractivity contribution in [1.29, 1.82) is 0 Å². The van der Waals surface area contributed by atoms with Gasteiger partial charge in [0.1, 0.15) is 0 Å². The van der Waals surface area contributed by atoms with Crippen molar-refractivity contribution in [2.75, 3.05) is 26.8 Å². The zero-order valence-corrected chi connectivity index (χ0v) is 10.9. The molecule has 2 fully saturated rings. The van der Waals surface area contributed by atoms with Gasteiger partial charge >= 0.3 is 0 Å². The Labute approximate surface area is 99.5 Å². The maximum absolute atomic E-state index is 5.35. The predicted molar refractivity (Wildman–Crippen MR) is 66.6 cm³/mol. The van der Waals surface area contributed by atoms with Gasteiger partial charge in [-0.3, -0.25) is 4.90 Å². The first-order chi connectivity index (χ1) is 7.76. The first-order valence-corrected chi connectivity index (χ1v) is 6.74. The third-order valence-electron chi connectivity index (χ3n) is 4.14. The van der Waals surface area contributed by atoms with Crippen LogP contribution in [0.1, 0.15) is 33.1 Å². The number of hydrogen-bond acceptors (Lipinski definition) is 3. The summed E-state index contributed by atoms with van der Waals surface area (Å²) in [6.45, 7) is 7.83. The molecule has 1 saturated heterocycles. The molecule has 2 rings (SSSR count). The molecule has 3 nitrogen and oxygen atoms in total. The molecule has 1 heterocycles. The molecule has 0 spiro atoms. The molecule has 1 aliphatic carbocycles. The van der Waals surface area contributed by atoms with Crippen LogP contribution < -0.4 is 5.32 Å². The Hall–Kier alpha value is -0.120. The lowest BCUT2D eigenvalue weighted by Gasteiger charge is -2.43. The van der Waals surface area contributed by atoms with Gasteiger partial charge in [0.15, 0.2) is 0 Å². The molecule has 1 N–H and O–H groups in total. The predicted octanol–water partition coefficient (Wildman–Crippen LogP) is 1.48. The van der Waals surface area contributed by atoms with Gasteiger partial charge in [-0.2, -0.15) is 0 Å². The SMILES string of the molecule is CCC(COC)N1CC(C2CC2)NCC1C. The monoisotopic (exact) mass is 226 g/mol. The van der Waals surface area contributed by atoms with Crippen molar-refractivity contribution in [3.63, 3.8) is 0 Å². The normalized spacial score (nSPS) is 33.9. The second kappa shape index (κ2) is 5.48. The summed E-state index contributed by atoms with van der Waals surface area (Å²) in [5, 5.41) is 3.70. The van der Waals surface area contributed by atoms with Crippen LogP contribution in [0.3, 0.4) is 0 Å². The highest BCUT2D eigenvalue weighted by Gasteiger charge is 2.37. The van der Waals surface area contributed by atoms with Crippen LogP contribution in [0, 0.1) is 5.92 Å². The van der Waals surface area contributed by atoms with Gasteiger partial charge in [-0.25, -0.2) is 0 Å². The van der Waals surface area contributed by atoms with E-state index in [9.17, 15) is 0 Å². The Bertz CT molecular complexity index is 218. The van der Waals surface area contributed by atoms with Gasteiger partial charge < -0.3 is 10.1 Å². The fraction of sp³-hybridized carbons (Fsp3) is 1.00. The molecule has 0 aromatic heterocycles. The van der Waals surface area contributed by atoms with Crippen molar-refractivity contribution in [2.24, 2.45) is 5.92 Å². The molecule has 0 aromatic carbocycles. The number of ether oxygens (including phenoxy) is 1. The number of methoxy groups -OCH3 is 1. The molecule has 3 unspecified atom stereocenters. The molecule has 0 radical (unpaired) electrons. The average Bonchev–Trinajstić information content (AvgIpc) is 3.11. The molecule has 1 saturated carbocycles. The second-order valence-electron chi connectivity index (χ2n) is 5.42. The van der Waals surface area contributed by atoms with Crippen molar-refractivity contribution >= 4 is 0 Å². The lowest BCUT2D eigenvalue weighted by atomic mass is 10.0. The van der Waals surface area contributed by atoms with E-state index >= 15 is 0 Å². The first kappa shape index (κ1) is 12.3. The van der Waals surface area contributed by atoms with Gasteiger partial charge in [0.05, 0.1) is 6.61 Å². The highest BCUT2D eigenvalue weighted by Crippen LogP contribution is 2.34. The summed E-state index contributed by atoms with van der Waals surface area (Å²) in [5.41, 5.74) is 0. The summed E-state index contributed by atoms with van der Waals surface area (Å²) in [5.74, 6) is 0.954.